The molecule has 4 rings (SSSR count). The topological polar surface area (TPSA) is 85.2 Å². The second kappa shape index (κ2) is 7.09. The highest BCUT2D eigenvalue weighted by atomic mass is 19.4. The van der Waals surface area contributed by atoms with Gasteiger partial charge in [0.05, 0.1) is 18.4 Å². The highest BCUT2D eigenvalue weighted by Gasteiger charge is 2.49. The molecule has 2 atom stereocenters. The van der Waals surface area contributed by atoms with Crippen LogP contribution < -0.4 is 10.6 Å². The van der Waals surface area contributed by atoms with E-state index < -0.39 is 24.1 Å². The normalized spacial score (nSPS) is 21.1. The number of carbonyl (C=O) groups is 2. The third kappa shape index (κ3) is 3.79. The summed E-state index contributed by atoms with van der Waals surface area (Å²) < 4.78 is 46.2. The Hall–Kier alpha value is -3.04. The number of alkyl halides is 3. The Bertz CT molecular complexity index is 952. The first-order valence-electron chi connectivity index (χ1n) is 9.19. The SMILES string of the molecule is COC(=O)c1ccccc1NC(=O)c1cc2n(n1)C(C(F)(F)F)CC(C1CC1)N2. The molecule has 1 aliphatic heterocycles. The molecule has 1 aromatic carbocycles. The average Bonchev–Trinajstić information content (AvgIpc) is 3.44. The van der Waals surface area contributed by atoms with E-state index in [1.807, 2.05) is 0 Å². The van der Waals surface area contributed by atoms with Crippen LogP contribution in [0, 0.1) is 5.92 Å². The first-order valence-corrected chi connectivity index (χ1v) is 9.19. The smallest absolute Gasteiger partial charge is 0.410 e. The van der Waals surface area contributed by atoms with Gasteiger partial charge in [-0.25, -0.2) is 9.48 Å². The van der Waals surface area contributed by atoms with Crippen molar-refractivity contribution in [1.29, 1.82) is 0 Å². The summed E-state index contributed by atoms with van der Waals surface area (Å²) in [5, 5.41) is 9.52. The van der Waals surface area contributed by atoms with Crippen LogP contribution in [0.2, 0.25) is 0 Å². The van der Waals surface area contributed by atoms with E-state index in [4.69, 9.17) is 0 Å². The minimum Gasteiger partial charge on any atom is -0.465 e. The maximum Gasteiger partial charge on any atom is 0.410 e. The molecule has 2 aromatic rings. The number of amides is 1. The Morgan fingerprint density at radius 1 is 1.28 bits per heavy atom. The van der Waals surface area contributed by atoms with Gasteiger partial charge in [-0.3, -0.25) is 4.79 Å². The molecule has 1 aliphatic carbocycles. The molecular formula is C19H19F3N4O3. The van der Waals surface area contributed by atoms with Crippen LogP contribution in [0.3, 0.4) is 0 Å². The van der Waals surface area contributed by atoms with E-state index in [1.165, 1.54) is 25.3 Å². The number of carbonyl (C=O) groups excluding carboxylic acids is 2. The van der Waals surface area contributed by atoms with E-state index in [9.17, 15) is 22.8 Å². The average molecular weight is 408 g/mol. The summed E-state index contributed by atoms with van der Waals surface area (Å²) in [5.74, 6) is -0.973. The van der Waals surface area contributed by atoms with Gasteiger partial charge >= 0.3 is 12.1 Å². The minimum absolute atomic E-state index is 0.116. The molecule has 0 radical (unpaired) electrons. The molecule has 0 saturated heterocycles. The number of halogens is 3. The van der Waals surface area contributed by atoms with Gasteiger partial charge in [0, 0.05) is 12.1 Å². The van der Waals surface area contributed by atoms with Crippen LogP contribution in [0.1, 0.15) is 46.2 Å². The summed E-state index contributed by atoms with van der Waals surface area (Å²) in [4.78, 5) is 24.5. The van der Waals surface area contributed by atoms with E-state index >= 15 is 0 Å². The third-order valence-corrected chi connectivity index (χ3v) is 5.22. The third-order valence-electron chi connectivity index (χ3n) is 5.22. The van der Waals surface area contributed by atoms with Crippen LogP contribution in [0.15, 0.2) is 30.3 Å². The number of nitrogens with zero attached hydrogens (tertiary/aromatic N) is 2. The first-order chi connectivity index (χ1) is 13.8. The molecule has 2 aliphatic rings. The number of nitrogens with one attached hydrogen (secondary N) is 2. The van der Waals surface area contributed by atoms with E-state index in [2.05, 4.69) is 20.5 Å². The lowest BCUT2D eigenvalue weighted by atomic mass is 10.0. The van der Waals surface area contributed by atoms with Gasteiger partial charge in [-0.2, -0.15) is 18.3 Å². The molecule has 1 fully saturated rings. The minimum atomic E-state index is -4.47. The molecule has 1 saturated carbocycles. The number of esters is 1. The van der Waals surface area contributed by atoms with Crippen LogP contribution in [-0.4, -0.2) is 41.0 Å². The predicted molar refractivity (Wildman–Crippen MR) is 97.8 cm³/mol. The monoisotopic (exact) mass is 408 g/mol. The standard InChI is InChI=1S/C19H19F3N4O3/c1-29-18(28)11-4-2-3-5-12(11)24-17(27)14-9-16-23-13(10-6-7-10)8-15(19(20,21)22)26(16)25-14/h2-5,9-10,13,15,23H,6-8H2,1H3,(H,24,27). The van der Waals surface area contributed by atoms with Gasteiger partial charge in [0.1, 0.15) is 5.82 Å². The van der Waals surface area contributed by atoms with E-state index in [0.717, 1.165) is 17.5 Å². The zero-order valence-corrected chi connectivity index (χ0v) is 15.5. The van der Waals surface area contributed by atoms with Crippen LogP contribution in [-0.2, 0) is 4.74 Å². The van der Waals surface area contributed by atoms with E-state index in [-0.39, 0.29) is 41.1 Å². The van der Waals surface area contributed by atoms with Crippen molar-refractivity contribution in [3.63, 3.8) is 0 Å². The number of aromatic nitrogens is 2. The van der Waals surface area contributed by atoms with Crippen molar-refractivity contribution < 1.29 is 27.5 Å². The molecule has 2 heterocycles. The molecule has 7 nitrogen and oxygen atoms in total. The van der Waals surface area contributed by atoms with Crippen LogP contribution in [0.5, 0.6) is 0 Å². The summed E-state index contributed by atoms with van der Waals surface area (Å²) >= 11 is 0. The Kier molecular flexibility index (Phi) is 4.71. The van der Waals surface area contributed by atoms with Crippen molar-refractivity contribution in [2.24, 2.45) is 5.92 Å². The largest absolute Gasteiger partial charge is 0.465 e. The zero-order chi connectivity index (χ0) is 20.8. The predicted octanol–water partition coefficient (Wildman–Crippen LogP) is 3.62. The van der Waals surface area contributed by atoms with Crippen molar-refractivity contribution in [2.75, 3.05) is 17.7 Å². The number of benzene rings is 1. The molecule has 1 amide bonds. The summed E-state index contributed by atoms with van der Waals surface area (Å²) in [6.07, 6.45) is -2.79. The molecule has 29 heavy (non-hydrogen) atoms. The number of methoxy groups -OCH3 is 1. The number of fused-ring (bicyclic) bond motifs is 1. The molecule has 154 valence electrons. The fourth-order valence-corrected chi connectivity index (χ4v) is 3.59. The quantitative estimate of drug-likeness (QED) is 0.755. The van der Waals surface area contributed by atoms with Crippen LogP contribution >= 0.6 is 0 Å². The number of hydrogen-bond acceptors (Lipinski definition) is 5. The lowest BCUT2D eigenvalue weighted by Crippen LogP contribution is -2.40. The van der Waals surface area contributed by atoms with Gasteiger partial charge in [0.2, 0.25) is 0 Å². The van der Waals surface area contributed by atoms with Gasteiger partial charge in [-0.1, -0.05) is 12.1 Å². The van der Waals surface area contributed by atoms with Crippen molar-refractivity contribution >= 4 is 23.4 Å². The van der Waals surface area contributed by atoms with Gasteiger partial charge < -0.3 is 15.4 Å². The molecule has 2 unspecified atom stereocenters. The number of rotatable bonds is 4. The number of hydrogen-bond donors (Lipinski definition) is 2. The number of anilines is 2. The first kappa shape index (κ1) is 19.3. The van der Waals surface area contributed by atoms with Gasteiger partial charge in [-0.15, -0.1) is 0 Å². The Morgan fingerprint density at radius 3 is 2.66 bits per heavy atom. The number of ether oxygens (including phenoxy) is 1. The lowest BCUT2D eigenvalue weighted by molar-refractivity contribution is -0.174. The van der Waals surface area contributed by atoms with Crippen LogP contribution in [0.25, 0.3) is 0 Å². The van der Waals surface area contributed by atoms with Crippen molar-refractivity contribution in [2.45, 2.75) is 37.5 Å². The van der Waals surface area contributed by atoms with Gasteiger partial charge in [0.25, 0.3) is 5.91 Å². The molecule has 2 N–H and O–H groups in total. The summed E-state index contributed by atoms with van der Waals surface area (Å²) in [6.45, 7) is 0. The Labute approximate surface area is 164 Å². The van der Waals surface area contributed by atoms with Gasteiger partial charge in [-0.05, 0) is 37.3 Å². The van der Waals surface area contributed by atoms with Gasteiger partial charge in [0.15, 0.2) is 11.7 Å². The maximum atomic E-state index is 13.6. The molecule has 0 spiro atoms. The summed E-state index contributed by atoms with van der Waals surface area (Å²) in [5.41, 5.74) is 0.150. The fraction of sp³-hybridized carbons (Fsp3) is 0.421. The highest BCUT2D eigenvalue weighted by molar-refractivity contribution is 6.07. The second-order valence-corrected chi connectivity index (χ2v) is 7.23. The summed E-state index contributed by atoms with van der Waals surface area (Å²) in [6, 6.07) is 5.43. The Morgan fingerprint density at radius 2 is 2.00 bits per heavy atom. The number of para-hydroxylation sites is 1. The Balaban J connectivity index is 1.61. The molecule has 1 aromatic heterocycles. The van der Waals surface area contributed by atoms with Crippen LogP contribution in [0.4, 0.5) is 24.7 Å². The van der Waals surface area contributed by atoms with Crippen molar-refractivity contribution in [1.82, 2.24) is 9.78 Å². The highest BCUT2D eigenvalue weighted by Crippen LogP contribution is 2.45. The molecule has 10 heteroatoms. The van der Waals surface area contributed by atoms with Crippen molar-refractivity contribution in [3.8, 4) is 0 Å². The van der Waals surface area contributed by atoms with E-state index in [1.54, 1.807) is 12.1 Å². The molecular weight excluding hydrogens is 389 g/mol. The fourth-order valence-electron chi connectivity index (χ4n) is 3.59. The zero-order valence-electron chi connectivity index (χ0n) is 15.5. The van der Waals surface area contributed by atoms with Crippen molar-refractivity contribution in [3.05, 3.63) is 41.6 Å². The maximum absolute atomic E-state index is 13.6. The van der Waals surface area contributed by atoms with E-state index in [0.29, 0.717) is 0 Å². The molecule has 0 bridgehead atoms. The lowest BCUT2D eigenvalue weighted by Gasteiger charge is -2.33. The summed E-state index contributed by atoms with van der Waals surface area (Å²) in [7, 11) is 1.21. The second-order valence-electron chi connectivity index (χ2n) is 7.23.